The lowest BCUT2D eigenvalue weighted by atomic mass is 9.95. The number of nitrogens with one attached hydrogen (secondary N) is 1. The van der Waals surface area contributed by atoms with Gasteiger partial charge in [0.05, 0.1) is 6.20 Å². The van der Waals surface area contributed by atoms with Gasteiger partial charge in [0.25, 0.3) is 0 Å². The van der Waals surface area contributed by atoms with Gasteiger partial charge in [0.2, 0.25) is 5.95 Å². The predicted molar refractivity (Wildman–Crippen MR) is 88.5 cm³/mol. The molecule has 1 aliphatic carbocycles. The average molecular weight is 319 g/mol. The van der Waals surface area contributed by atoms with E-state index in [-0.39, 0.29) is 5.95 Å². The molecule has 6 heteroatoms. The van der Waals surface area contributed by atoms with Gasteiger partial charge in [0, 0.05) is 11.1 Å². The van der Waals surface area contributed by atoms with E-state index >= 15 is 0 Å². The van der Waals surface area contributed by atoms with Crippen LogP contribution in [0.15, 0.2) is 30.5 Å². The maximum atomic E-state index is 5.89. The van der Waals surface area contributed by atoms with Gasteiger partial charge in [-0.05, 0) is 37.1 Å². The summed E-state index contributed by atoms with van der Waals surface area (Å²) in [7, 11) is 0. The molecule has 0 atom stereocenters. The van der Waals surface area contributed by atoms with Gasteiger partial charge in [-0.15, -0.1) is 0 Å². The smallest absolute Gasteiger partial charge is 0.222 e. The van der Waals surface area contributed by atoms with Gasteiger partial charge in [-0.25, -0.2) is 4.98 Å². The standard InChI is InChI=1S/C16H19ClN4O/c17-11-6-8-13(9-7-11)22-14-10-19-16(18)21-15(14)20-12-4-2-1-3-5-12/h6-10,12H,1-5H2,(H3,18,19,20,21). The number of nitrogens with zero attached hydrogens (tertiary/aromatic N) is 2. The molecular weight excluding hydrogens is 300 g/mol. The van der Waals surface area contributed by atoms with Gasteiger partial charge in [0.1, 0.15) is 5.75 Å². The first-order valence-corrected chi connectivity index (χ1v) is 7.91. The van der Waals surface area contributed by atoms with E-state index in [2.05, 4.69) is 15.3 Å². The number of aromatic nitrogens is 2. The molecule has 0 bridgehead atoms. The van der Waals surface area contributed by atoms with E-state index in [1.54, 1.807) is 18.3 Å². The van der Waals surface area contributed by atoms with Crippen LogP contribution in [-0.4, -0.2) is 16.0 Å². The van der Waals surface area contributed by atoms with Crippen molar-refractivity contribution in [1.29, 1.82) is 0 Å². The van der Waals surface area contributed by atoms with Crippen LogP contribution in [0.25, 0.3) is 0 Å². The van der Waals surface area contributed by atoms with Gasteiger partial charge in [-0.2, -0.15) is 4.98 Å². The number of nitrogens with two attached hydrogens (primary N) is 1. The molecule has 1 fully saturated rings. The number of rotatable bonds is 4. The van der Waals surface area contributed by atoms with E-state index in [0.717, 1.165) is 12.8 Å². The molecule has 1 aromatic heterocycles. The summed E-state index contributed by atoms with van der Waals surface area (Å²) >= 11 is 5.89. The summed E-state index contributed by atoms with van der Waals surface area (Å²) in [6, 6.07) is 7.59. The summed E-state index contributed by atoms with van der Waals surface area (Å²) in [5.41, 5.74) is 5.71. The molecule has 0 unspecified atom stereocenters. The second-order valence-electron chi connectivity index (χ2n) is 5.48. The highest BCUT2D eigenvalue weighted by Crippen LogP contribution is 2.30. The molecule has 116 valence electrons. The van der Waals surface area contributed by atoms with Crippen molar-refractivity contribution in [1.82, 2.24) is 9.97 Å². The van der Waals surface area contributed by atoms with Crippen molar-refractivity contribution in [3.63, 3.8) is 0 Å². The zero-order chi connectivity index (χ0) is 15.4. The average Bonchev–Trinajstić information content (AvgIpc) is 2.53. The van der Waals surface area contributed by atoms with Crippen molar-refractivity contribution in [2.75, 3.05) is 11.1 Å². The number of benzene rings is 1. The van der Waals surface area contributed by atoms with Crippen molar-refractivity contribution < 1.29 is 4.74 Å². The zero-order valence-corrected chi connectivity index (χ0v) is 13.0. The van der Waals surface area contributed by atoms with Crippen molar-refractivity contribution in [2.24, 2.45) is 0 Å². The molecular formula is C16H19ClN4O. The molecule has 1 aromatic carbocycles. The number of halogens is 1. The zero-order valence-electron chi connectivity index (χ0n) is 12.3. The number of ether oxygens (including phenoxy) is 1. The minimum absolute atomic E-state index is 0.238. The van der Waals surface area contributed by atoms with Crippen LogP contribution in [0.3, 0.4) is 0 Å². The molecule has 0 aliphatic heterocycles. The summed E-state index contributed by atoms with van der Waals surface area (Å²) in [6.45, 7) is 0. The summed E-state index contributed by atoms with van der Waals surface area (Å²) < 4.78 is 5.86. The van der Waals surface area contributed by atoms with Crippen LogP contribution in [0.1, 0.15) is 32.1 Å². The van der Waals surface area contributed by atoms with Crippen LogP contribution in [0.5, 0.6) is 11.5 Å². The van der Waals surface area contributed by atoms with Crippen LogP contribution in [0.2, 0.25) is 5.02 Å². The minimum atomic E-state index is 0.238. The highest BCUT2D eigenvalue weighted by molar-refractivity contribution is 6.30. The Morgan fingerprint density at radius 3 is 2.59 bits per heavy atom. The van der Waals surface area contributed by atoms with Crippen LogP contribution >= 0.6 is 11.6 Å². The Morgan fingerprint density at radius 1 is 1.14 bits per heavy atom. The minimum Gasteiger partial charge on any atom is -0.452 e. The summed E-state index contributed by atoms with van der Waals surface area (Å²) in [6.07, 6.45) is 7.67. The number of hydrogen-bond acceptors (Lipinski definition) is 5. The van der Waals surface area contributed by atoms with Gasteiger partial charge >= 0.3 is 0 Å². The largest absolute Gasteiger partial charge is 0.452 e. The Balaban J connectivity index is 1.78. The number of anilines is 2. The third kappa shape index (κ3) is 3.80. The Labute approximate surface area is 134 Å². The Kier molecular flexibility index (Phi) is 4.63. The van der Waals surface area contributed by atoms with Crippen LogP contribution in [0.4, 0.5) is 11.8 Å². The van der Waals surface area contributed by atoms with Crippen LogP contribution in [-0.2, 0) is 0 Å². The SMILES string of the molecule is Nc1ncc(Oc2ccc(Cl)cc2)c(NC2CCCCC2)n1. The number of nitrogen functional groups attached to an aromatic ring is 1. The molecule has 0 radical (unpaired) electrons. The van der Waals surface area contributed by atoms with Crippen molar-refractivity contribution in [3.8, 4) is 11.5 Å². The first-order chi connectivity index (χ1) is 10.7. The van der Waals surface area contributed by atoms with Gasteiger partial charge < -0.3 is 15.8 Å². The molecule has 1 heterocycles. The molecule has 0 spiro atoms. The Bertz CT molecular complexity index is 627. The van der Waals surface area contributed by atoms with Gasteiger partial charge in [0.15, 0.2) is 11.6 Å². The lowest BCUT2D eigenvalue weighted by molar-refractivity contribution is 0.453. The molecule has 1 saturated carbocycles. The monoisotopic (exact) mass is 318 g/mol. The topological polar surface area (TPSA) is 73.1 Å². The van der Waals surface area contributed by atoms with Gasteiger partial charge in [-0.3, -0.25) is 0 Å². The maximum absolute atomic E-state index is 5.89. The van der Waals surface area contributed by atoms with E-state index in [1.807, 2.05) is 12.1 Å². The van der Waals surface area contributed by atoms with Crippen molar-refractivity contribution in [2.45, 2.75) is 38.1 Å². The van der Waals surface area contributed by atoms with E-state index in [9.17, 15) is 0 Å². The molecule has 22 heavy (non-hydrogen) atoms. The number of hydrogen-bond donors (Lipinski definition) is 2. The molecule has 0 amide bonds. The van der Waals surface area contributed by atoms with Crippen molar-refractivity contribution in [3.05, 3.63) is 35.5 Å². The summed E-state index contributed by atoms with van der Waals surface area (Å²) in [5.74, 6) is 2.14. The Morgan fingerprint density at radius 2 is 1.86 bits per heavy atom. The molecule has 3 N–H and O–H groups in total. The quantitative estimate of drug-likeness (QED) is 0.881. The van der Waals surface area contributed by atoms with E-state index in [0.29, 0.717) is 28.4 Å². The highest BCUT2D eigenvalue weighted by atomic mass is 35.5. The molecule has 3 rings (SSSR count). The summed E-state index contributed by atoms with van der Waals surface area (Å²) in [4.78, 5) is 8.31. The van der Waals surface area contributed by atoms with Crippen LogP contribution < -0.4 is 15.8 Å². The van der Waals surface area contributed by atoms with Gasteiger partial charge in [-0.1, -0.05) is 30.9 Å². The van der Waals surface area contributed by atoms with E-state index in [1.165, 1.54) is 19.3 Å². The second kappa shape index (κ2) is 6.83. The fraction of sp³-hybridized carbons (Fsp3) is 0.375. The van der Waals surface area contributed by atoms with Crippen LogP contribution in [0, 0.1) is 0 Å². The lowest BCUT2D eigenvalue weighted by Gasteiger charge is -2.24. The Hall–Kier alpha value is -2.01. The third-order valence-corrected chi connectivity index (χ3v) is 4.01. The molecule has 2 aromatic rings. The fourth-order valence-electron chi connectivity index (χ4n) is 2.63. The van der Waals surface area contributed by atoms with E-state index in [4.69, 9.17) is 22.1 Å². The molecule has 1 aliphatic rings. The lowest BCUT2D eigenvalue weighted by Crippen LogP contribution is -2.23. The highest BCUT2D eigenvalue weighted by Gasteiger charge is 2.17. The first kappa shape index (κ1) is 14.9. The predicted octanol–water partition coefficient (Wildman–Crippen LogP) is 4.25. The van der Waals surface area contributed by atoms with E-state index < -0.39 is 0 Å². The maximum Gasteiger partial charge on any atom is 0.222 e. The normalized spacial score (nSPS) is 15.5. The third-order valence-electron chi connectivity index (χ3n) is 3.76. The van der Waals surface area contributed by atoms with Crippen molar-refractivity contribution >= 4 is 23.4 Å². The molecule has 0 saturated heterocycles. The summed E-state index contributed by atoms with van der Waals surface area (Å²) in [5, 5.41) is 4.11. The second-order valence-corrected chi connectivity index (χ2v) is 5.91. The first-order valence-electron chi connectivity index (χ1n) is 7.53. The fourth-order valence-corrected chi connectivity index (χ4v) is 2.76. The molecule has 5 nitrogen and oxygen atoms in total.